The zero-order valence-corrected chi connectivity index (χ0v) is 22.6. The van der Waals surface area contributed by atoms with Gasteiger partial charge in [-0.3, -0.25) is 4.79 Å². The third-order valence-corrected chi connectivity index (χ3v) is 6.26. The van der Waals surface area contributed by atoms with Crippen molar-refractivity contribution in [2.45, 2.75) is 52.1 Å². The largest absolute Gasteiger partial charge is 0.404 e. The number of allylic oxidation sites excluding steroid dienone is 3. The highest BCUT2D eigenvalue weighted by Crippen LogP contribution is 2.33. The Labute approximate surface area is 222 Å². The Morgan fingerprint density at radius 3 is 2.08 bits per heavy atom. The lowest BCUT2D eigenvalue weighted by Gasteiger charge is -2.37. The van der Waals surface area contributed by atoms with Crippen LogP contribution in [0.25, 0.3) is 0 Å². The maximum Gasteiger partial charge on any atom is 0.314 e. The van der Waals surface area contributed by atoms with Crippen molar-refractivity contribution in [3.8, 4) is 0 Å². The average Bonchev–Trinajstić information content (AvgIpc) is 2.88. The summed E-state index contributed by atoms with van der Waals surface area (Å²) in [6.45, 7) is 12.6. The first-order chi connectivity index (χ1) is 17.8. The molecule has 0 aliphatic heterocycles. The van der Waals surface area contributed by atoms with Gasteiger partial charge < -0.3 is 21.3 Å². The van der Waals surface area contributed by atoms with Crippen molar-refractivity contribution in [1.29, 1.82) is 0 Å². The summed E-state index contributed by atoms with van der Waals surface area (Å²) < 4.78 is 0. The Morgan fingerprint density at radius 1 is 0.946 bits per heavy atom. The van der Waals surface area contributed by atoms with Gasteiger partial charge >= 0.3 is 6.03 Å². The van der Waals surface area contributed by atoms with Gasteiger partial charge in [0, 0.05) is 31.1 Å². The first-order valence-corrected chi connectivity index (χ1v) is 12.9. The first-order valence-electron chi connectivity index (χ1n) is 12.9. The van der Waals surface area contributed by atoms with Crippen LogP contribution in [0.4, 0.5) is 4.79 Å². The average molecular weight is 503 g/mol. The van der Waals surface area contributed by atoms with Gasteiger partial charge in [0.05, 0.1) is 5.92 Å². The monoisotopic (exact) mass is 502 g/mol. The number of rotatable bonds is 13. The van der Waals surface area contributed by atoms with Gasteiger partial charge in [0.2, 0.25) is 5.91 Å². The summed E-state index contributed by atoms with van der Waals surface area (Å²) in [4.78, 5) is 28.7. The highest BCUT2D eigenvalue weighted by Gasteiger charge is 2.36. The van der Waals surface area contributed by atoms with E-state index in [1.54, 1.807) is 12.2 Å². The van der Waals surface area contributed by atoms with Crippen LogP contribution >= 0.6 is 0 Å². The summed E-state index contributed by atoms with van der Waals surface area (Å²) in [7, 11) is 0. The number of amides is 3. The molecule has 37 heavy (non-hydrogen) atoms. The maximum absolute atomic E-state index is 14.1. The van der Waals surface area contributed by atoms with Gasteiger partial charge in [-0.15, -0.1) is 0 Å². The molecule has 0 fully saturated rings. The summed E-state index contributed by atoms with van der Waals surface area (Å²) in [5.74, 6) is -0.966. The predicted octanol–water partition coefficient (Wildman–Crippen LogP) is 5.16. The van der Waals surface area contributed by atoms with Crippen molar-refractivity contribution in [2.75, 3.05) is 13.1 Å². The number of nitrogens with two attached hydrogens (primary N) is 1. The predicted molar refractivity (Wildman–Crippen MR) is 153 cm³/mol. The maximum atomic E-state index is 14.1. The van der Waals surface area contributed by atoms with Gasteiger partial charge in [-0.25, -0.2) is 4.79 Å². The molecule has 0 spiro atoms. The van der Waals surface area contributed by atoms with E-state index in [0.29, 0.717) is 12.1 Å². The topological polar surface area (TPSA) is 87.5 Å². The summed E-state index contributed by atoms with van der Waals surface area (Å²) in [6.07, 6.45) is 7.48. The molecule has 0 radical (unpaired) electrons. The fraction of sp³-hybridized carbons (Fsp3) is 0.355. The molecule has 3 amide bonds. The summed E-state index contributed by atoms with van der Waals surface area (Å²) >= 11 is 0. The summed E-state index contributed by atoms with van der Waals surface area (Å²) in [6, 6.07) is 19.5. The molecule has 2 rings (SSSR count). The number of carbonyl (C=O) groups is 2. The van der Waals surface area contributed by atoms with Gasteiger partial charge in [-0.1, -0.05) is 85.5 Å². The van der Waals surface area contributed by atoms with Crippen LogP contribution < -0.4 is 16.4 Å². The van der Waals surface area contributed by atoms with Crippen LogP contribution in [0, 0.1) is 5.92 Å². The minimum absolute atomic E-state index is 0.00285. The van der Waals surface area contributed by atoms with Crippen molar-refractivity contribution in [1.82, 2.24) is 15.5 Å². The van der Waals surface area contributed by atoms with E-state index in [9.17, 15) is 9.59 Å². The first kappa shape index (κ1) is 29.4. The fourth-order valence-electron chi connectivity index (χ4n) is 4.61. The van der Waals surface area contributed by atoms with Crippen molar-refractivity contribution in [3.63, 3.8) is 0 Å². The molecular weight excluding hydrogens is 460 g/mol. The lowest BCUT2D eigenvalue weighted by atomic mass is 9.79. The van der Waals surface area contributed by atoms with E-state index >= 15 is 0 Å². The third-order valence-electron chi connectivity index (χ3n) is 6.26. The number of carbonyl (C=O) groups excluding carboxylic acids is 2. The van der Waals surface area contributed by atoms with E-state index in [4.69, 9.17) is 5.73 Å². The van der Waals surface area contributed by atoms with Gasteiger partial charge in [0.1, 0.15) is 0 Å². The number of urea groups is 1. The molecule has 198 valence electrons. The number of hydrogen-bond donors (Lipinski definition) is 3. The molecule has 0 aliphatic rings. The molecule has 0 aliphatic carbocycles. The summed E-state index contributed by atoms with van der Waals surface area (Å²) in [5.41, 5.74) is 8.86. The highest BCUT2D eigenvalue weighted by molar-refractivity contribution is 5.84. The second-order valence-corrected chi connectivity index (χ2v) is 9.56. The molecule has 2 aromatic rings. The Morgan fingerprint density at radius 2 is 1.54 bits per heavy atom. The molecular formula is C31H42N4O2. The van der Waals surface area contributed by atoms with Crippen molar-refractivity contribution in [2.24, 2.45) is 11.7 Å². The molecule has 0 bridgehead atoms. The van der Waals surface area contributed by atoms with Crippen molar-refractivity contribution >= 4 is 11.9 Å². The molecule has 2 unspecified atom stereocenters. The SMILES string of the molecule is C=C/C=C\C(=C/N)C(C(=O)N(C(C)C)C(C)C)C(CNC(=O)NCCc1ccccc1)c1ccccc1. The van der Waals surface area contributed by atoms with Crippen LogP contribution in [0.1, 0.15) is 44.7 Å². The summed E-state index contributed by atoms with van der Waals surface area (Å²) in [5, 5.41) is 5.93. The normalized spacial score (nSPS) is 13.4. The zero-order valence-electron chi connectivity index (χ0n) is 22.6. The van der Waals surface area contributed by atoms with Crippen LogP contribution in [0.3, 0.4) is 0 Å². The lowest BCUT2D eigenvalue weighted by Crippen LogP contribution is -2.49. The standard InChI is InChI=1S/C31H42N4O2/c1-6-7-16-27(21-32)29(30(36)35(23(2)3)24(4)5)28(26-17-12-9-13-18-26)22-34-31(37)33-20-19-25-14-10-8-11-15-25/h6-18,21,23-24,28-29H,1,19-20,22,32H2,2-5H3,(H2,33,34,37)/b16-7-,27-21+. The number of nitrogens with one attached hydrogen (secondary N) is 2. The van der Waals surface area contributed by atoms with Crippen molar-refractivity contribution in [3.05, 3.63) is 108 Å². The van der Waals surface area contributed by atoms with Crippen LogP contribution in [0.15, 0.2) is 97.2 Å². The van der Waals surface area contributed by atoms with E-state index < -0.39 is 5.92 Å². The Hall–Kier alpha value is -3.80. The zero-order chi connectivity index (χ0) is 27.2. The van der Waals surface area contributed by atoms with Gasteiger partial charge in [-0.2, -0.15) is 0 Å². The Bertz CT molecular complexity index is 1040. The molecule has 6 nitrogen and oxygen atoms in total. The number of hydrogen-bond acceptors (Lipinski definition) is 3. The molecule has 0 aromatic heterocycles. The van der Waals surface area contributed by atoms with E-state index in [0.717, 1.165) is 17.5 Å². The Balaban J connectivity index is 2.33. The molecule has 2 atom stereocenters. The quantitative estimate of drug-likeness (QED) is 0.331. The van der Waals surface area contributed by atoms with E-state index in [1.165, 1.54) is 6.20 Å². The minimum atomic E-state index is -0.599. The lowest BCUT2D eigenvalue weighted by molar-refractivity contribution is -0.138. The molecule has 0 saturated heterocycles. The number of nitrogens with zero attached hydrogens (tertiary/aromatic N) is 1. The van der Waals surface area contributed by atoms with Gasteiger partial charge in [0.25, 0.3) is 0 Å². The van der Waals surface area contributed by atoms with E-state index in [1.807, 2.05) is 99.3 Å². The third kappa shape index (κ3) is 8.98. The highest BCUT2D eigenvalue weighted by atomic mass is 16.2. The molecule has 2 aromatic carbocycles. The van der Waals surface area contributed by atoms with Gasteiger partial charge in [-0.05, 0) is 57.0 Å². The van der Waals surface area contributed by atoms with E-state index in [2.05, 4.69) is 17.2 Å². The van der Waals surface area contributed by atoms with E-state index in [-0.39, 0.29) is 36.5 Å². The minimum Gasteiger partial charge on any atom is -0.404 e. The number of benzene rings is 2. The Kier molecular flexibility index (Phi) is 12.2. The second kappa shape index (κ2) is 15.3. The smallest absolute Gasteiger partial charge is 0.314 e. The molecule has 0 heterocycles. The molecule has 6 heteroatoms. The molecule has 0 saturated carbocycles. The van der Waals surface area contributed by atoms with Gasteiger partial charge in [0.15, 0.2) is 0 Å². The van der Waals surface area contributed by atoms with Crippen molar-refractivity contribution < 1.29 is 9.59 Å². The van der Waals surface area contributed by atoms with Crippen LogP contribution in [-0.4, -0.2) is 42.0 Å². The second-order valence-electron chi connectivity index (χ2n) is 9.56. The fourth-order valence-corrected chi connectivity index (χ4v) is 4.61. The molecule has 4 N–H and O–H groups in total. The van der Waals surface area contributed by atoms with Crippen LogP contribution in [0.2, 0.25) is 0 Å². The van der Waals surface area contributed by atoms with Crippen LogP contribution in [-0.2, 0) is 11.2 Å². The van der Waals surface area contributed by atoms with Crippen LogP contribution in [0.5, 0.6) is 0 Å².